The van der Waals surface area contributed by atoms with Crippen molar-refractivity contribution in [3.05, 3.63) is 87.6 Å². The zero-order valence-corrected chi connectivity index (χ0v) is 14.6. The molecule has 128 valence electrons. The summed E-state index contributed by atoms with van der Waals surface area (Å²) in [6.07, 6.45) is 3.12. The van der Waals surface area contributed by atoms with E-state index in [4.69, 9.17) is 11.6 Å². The first-order valence-corrected chi connectivity index (χ1v) is 8.34. The summed E-state index contributed by atoms with van der Waals surface area (Å²) in [7, 11) is 0. The number of aryl methyl sites for hydroxylation is 1. The van der Waals surface area contributed by atoms with Crippen molar-refractivity contribution in [2.45, 2.75) is 6.92 Å². The average molecular weight is 364 g/mol. The summed E-state index contributed by atoms with van der Waals surface area (Å²) < 4.78 is 2.92. The lowest BCUT2D eigenvalue weighted by Gasteiger charge is -2.05. The molecule has 0 unspecified atom stereocenters. The Morgan fingerprint density at radius 3 is 2.54 bits per heavy atom. The van der Waals surface area contributed by atoms with E-state index in [2.05, 4.69) is 15.2 Å². The fourth-order valence-electron chi connectivity index (χ4n) is 2.63. The van der Waals surface area contributed by atoms with Gasteiger partial charge in [-0.1, -0.05) is 41.9 Å². The minimum atomic E-state index is -0.264. The van der Waals surface area contributed by atoms with E-state index in [0.717, 1.165) is 11.3 Å². The van der Waals surface area contributed by atoms with E-state index in [1.54, 1.807) is 30.0 Å². The highest BCUT2D eigenvalue weighted by Gasteiger charge is 2.13. The molecule has 2 aromatic carbocycles. The molecule has 7 heteroatoms. The number of para-hydroxylation sites is 1. The Morgan fingerprint density at radius 1 is 1.08 bits per heavy atom. The first-order chi connectivity index (χ1) is 12.6. The Kier molecular flexibility index (Phi) is 4.10. The number of halogens is 1. The van der Waals surface area contributed by atoms with Gasteiger partial charge in [-0.2, -0.15) is 14.9 Å². The SMILES string of the molecule is Cc1nc2c(cnn2-c2ccccc2)c(=O)n1/N=C\c1ccc(Cl)cc1. The van der Waals surface area contributed by atoms with Crippen molar-refractivity contribution < 1.29 is 0 Å². The predicted molar refractivity (Wildman–Crippen MR) is 102 cm³/mol. The molecule has 0 N–H and O–H groups in total. The molecule has 6 nitrogen and oxygen atoms in total. The molecule has 0 aliphatic carbocycles. The van der Waals surface area contributed by atoms with Crippen LogP contribution in [0.5, 0.6) is 0 Å². The number of hydrogen-bond acceptors (Lipinski definition) is 4. The molecule has 0 aliphatic heterocycles. The lowest BCUT2D eigenvalue weighted by molar-refractivity contribution is 0.765. The Hall–Kier alpha value is -3.25. The fraction of sp³-hybridized carbons (Fsp3) is 0.0526. The summed E-state index contributed by atoms with van der Waals surface area (Å²) in [5.41, 5.74) is 1.92. The zero-order chi connectivity index (χ0) is 18.1. The molecule has 0 amide bonds. The van der Waals surface area contributed by atoms with Gasteiger partial charge in [0.1, 0.15) is 11.2 Å². The van der Waals surface area contributed by atoms with Crippen LogP contribution in [0.25, 0.3) is 16.7 Å². The maximum absolute atomic E-state index is 12.8. The van der Waals surface area contributed by atoms with Gasteiger partial charge >= 0.3 is 0 Å². The van der Waals surface area contributed by atoms with Gasteiger partial charge in [0, 0.05) is 5.02 Å². The van der Waals surface area contributed by atoms with Crippen LogP contribution < -0.4 is 5.56 Å². The molecule has 4 rings (SSSR count). The molecule has 0 radical (unpaired) electrons. The van der Waals surface area contributed by atoms with Gasteiger partial charge in [0.2, 0.25) is 0 Å². The molecule has 0 fully saturated rings. The minimum absolute atomic E-state index is 0.264. The summed E-state index contributed by atoms with van der Waals surface area (Å²) in [6, 6.07) is 16.7. The monoisotopic (exact) mass is 363 g/mol. The highest BCUT2D eigenvalue weighted by molar-refractivity contribution is 6.30. The van der Waals surface area contributed by atoms with Crippen molar-refractivity contribution in [1.82, 2.24) is 19.4 Å². The van der Waals surface area contributed by atoms with Crippen LogP contribution in [-0.2, 0) is 0 Å². The van der Waals surface area contributed by atoms with Crippen molar-refractivity contribution in [2.24, 2.45) is 5.10 Å². The Morgan fingerprint density at radius 2 is 1.81 bits per heavy atom. The van der Waals surface area contributed by atoms with Crippen molar-refractivity contribution in [1.29, 1.82) is 0 Å². The molecule has 0 aliphatic rings. The predicted octanol–water partition coefficient (Wildman–Crippen LogP) is 3.43. The van der Waals surface area contributed by atoms with Crippen molar-refractivity contribution in [2.75, 3.05) is 0 Å². The van der Waals surface area contributed by atoms with Crippen molar-refractivity contribution in [3.8, 4) is 5.69 Å². The second-order valence-corrected chi connectivity index (χ2v) is 6.14. The van der Waals surface area contributed by atoms with Crippen LogP contribution in [0.3, 0.4) is 0 Å². The number of rotatable bonds is 3. The molecule has 0 saturated heterocycles. The molecule has 0 bridgehead atoms. The van der Waals surface area contributed by atoms with Crippen LogP contribution >= 0.6 is 11.6 Å². The van der Waals surface area contributed by atoms with Gasteiger partial charge in [-0.15, -0.1) is 0 Å². The summed E-state index contributed by atoms with van der Waals surface area (Å²) in [4.78, 5) is 17.3. The van der Waals surface area contributed by atoms with E-state index in [1.165, 1.54) is 10.9 Å². The first kappa shape index (κ1) is 16.2. The molecular formula is C19H14ClN5O. The van der Waals surface area contributed by atoms with E-state index in [0.29, 0.717) is 21.9 Å². The first-order valence-electron chi connectivity index (χ1n) is 7.96. The number of aromatic nitrogens is 4. The molecule has 0 spiro atoms. The molecular weight excluding hydrogens is 350 g/mol. The Labute approximate surface area is 154 Å². The van der Waals surface area contributed by atoms with Gasteiger partial charge in [0.25, 0.3) is 5.56 Å². The topological polar surface area (TPSA) is 65.1 Å². The minimum Gasteiger partial charge on any atom is -0.266 e. The van der Waals surface area contributed by atoms with E-state index in [1.807, 2.05) is 42.5 Å². The molecule has 0 atom stereocenters. The smallest absolute Gasteiger partial charge is 0.266 e. The third kappa shape index (κ3) is 2.91. The second kappa shape index (κ2) is 6.57. The number of fused-ring (bicyclic) bond motifs is 1. The third-order valence-electron chi connectivity index (χ3n) is 3.93. The van der Waals surface area contributed by atoms with Gasteiger partial charge < -0.3 is 0 Å². The average Bonchev–Trinajstić information content (AvgIpc) is 3.07. The molecule has 2 heterocycles. The summed E-state index contributed by atoms with van der Waals surface area (Å²) in [5.74, 6) is 0.477. The molecule has 2 aromatic heterocycles. The van der Waals surface area contributed by atoms with E-state index < -0.39 is 0 Å². The quantitative estimate of drug-likeness (QED) is 0.524. The lowest BCUT2D eigenvalue weighted by Crippen LogP contribution is -2.20. The molecule has 26 heavy (non-hydrogen) atoms. The standard InChI is InChI=1S/C19H14ClN5O/c1-13-23-18-17(12-22-25(18)16-5-3-2-4-6-16)19(26)24(13)21-11-14-7-9-15(20)10-8-14/h2-12H,1H3/b21-11-. The van der Waals surface area contributed by atoms with Crippen LogP contribution in [0.4, 0.5) is 0 Å². The number of benzene rings is 2. The van der Waals surface area contributed by atoms with Crippen LogP contribution in [0.2, 0.25) is 5.02 Å². The summed E-state index contributed by atoms with van der Waals surface area (Å²) in [6.45, 7) is 1.74. The fourth-order valence-corrected chi connectivity index (χ4v) is 2.76. The normalized spacial score (nSPS) is 11.5. The van der Waals surface area contributed by atoms with Crippen molar-refractivity contribution in [3.63, 3.8) is 0 Å². The third-order valence-corrected chi connectivity index (χ3v) is 4.19. The molecule has 4 aromatic rings. The highest BCUT2D eigenvalue weighted by Crippen LogP contribution is 2.14. The van der Waals surface area contributed by atoms with Gasteiger partial charge in [-0.05, 0) is 36.8 Å². The van der Waals surface area contributed by atoms with Gasteiger partial charge in [0.05, 0.1) is 18.1 Å². The Balaban J connectivity index is 1.80. The number of nitrogens with zero attached hydrogens (tertiary/aromatic N) is 5. The largest absolute Gasteiger partial charge is 0.285 e. The van der Waals surface area contributed by atoms with Gasteiger partial charge in [0.15, 0.2) is 5.65 Å². The zero-order valence-electron chi connectivity index (χ0n) is 13.9. The van der Waals surface area contributed by atoms with Crippen LogP contribution in [0.1, 0.15) is 11.4 Å². The maximum Gasteiger partial charge on any atom is 0.285 e. The van der Waals surface area contributed by atoms with Crippen LogP contribution in [0.15, 0.2) is 70.7 Å². The molecule has 0 saturated carbocycles. The van der Waals surface area contributed by atoms with E-state index in [-0.39, 0.29) is 5.56 Å². The van der Waals surface area contributed by atoms with Crippen molar-refractivity contribution >= 4 is 28.8 Å². The van der Waals surface area contributed by atoms with Crippen LogP contribution in [-0.4, -0.2) is 25.7 Å². The number of hydrogen-bond donors (Lipinski definition) is 0. The summed E-state index contributed by atoms with van der Waals surface area (Å²) >= 11 is 5.88. The van der Waals surface area contributed by atoms with E-state index in [9.17, 15) is 4.79 Å². The lowest BCUT2D eigenvalue weighted by atomic mass is 10.2. The Bertz CT molecular complexity index is 1160. The second-order valence-electron chi connectivity index (χ2n) is 5.70. The van der Waals surface area contributed by atoms with E-state index >= 15 is 0 Å². The van der Waals surface area contributed by atoms with Gasteiger partial charge in [-0.3, -0.25) is 4.79 Å². The summed E-state index contributed by atoms with van der Waals surface area (Å²) in [5, 5.41) is 9.64. The van der Waals surface area contributed by atoms with Gasteiger partial charge in [-0.25, -0.2) is 9.67 Å². The van der Waals surface area contributed by atoms with Crippen LogP contribution in [0, 0.1) is 6.92 Å². The maximum atomic E-state index is 12.8. The highest BCUT2D eigenvalue weighted by atomic mass is 35.5.